The summed E-state index contributed by atoms with van der Waals surface area (Å²) in [4.78, 5) is 39.6. The SMILES string of the molecule is CC(C)C[C@@H](C(=O)NC[C@@H]1CCCO1)N1C(=O)c2cc(Cl)c(Cl)cc2C1=O. The van der Waals surface area contributed by atoms with Gasteiger partial charge < -0.3 is 10.1 Å². The number of nitrogens with one attached hydrogen (secondary N) is 1. The van der Waals surface area contributed by atoms with Gasteiger partial charge in [0.1, 0.15) is 6.04 Å². The van der Waals surface area contributed by atoms with Crippen LogP contribution >= 0.6 is 23.2 Å². The highest BCUT2D eigenvalue weighted by molar-refractivity contribution is 6.43. The van der Waals surface area contributed by atoms with Gasteiger partial charge in [-0.3, -0.25) is 19.3 Å². The molecule has 0 bridgehead atoms. The van der Waals surface area contributed by atoms with Crippen molar-refractivity contribution in [1.82, 2.24) is 10.2 Å². The number of carbonyl (C=O) groups excluding carboxylic acids is 3. The Kier molecular flexibility index (Phi) is 6.08. The molecule has 0 aliphatic carbocycles. The Hall–Kier alpha value is -1.63. The third-order valence-corrected chi connectivity index (χ3v) is 5.52. The first-order valence-electron chi connectivity index (χ1n) is 9.05. The van der Waals surface area contributed by atoms with E-state index in [1.54, 1.807) is 0 Å². The summed E-state index contributed by atoms with van der Waals surface area (Å²) in [6.07, 6.45) is 2.20. The van der Waals surface area contributed by atoms with Gasteiger partial charge in [-0.1, -0.05) is 37.0 Å². The summed E-state index contributed by atoms with van der Waals surface area (Å²) in [6.45, 7) is 4.93. The molecular weight excluding hydrogens is 391 g/mol. The second kappa shape index (κ2) is 8.17. The lowest BCUT2D eigenvalue weighted by molar-refractivity contribution is -0.126. The zero-order chi connectivity index (χ0) is 19.7. The Bertz CT molecular complexity index is 734. The minimum atomic E-state index is -0.892. The summed E-state index contributed by atoms with van der Waals surface area (Å²) in [5, 5.41) is 3.23. The number of nitrogens with zero attached hydrogens (tertiary/aromatic N) is 1. The van der Waals surface area contributed by atoms with Crippen molar-refractivity contribution in [1.29, 1.82) is 0 Å². The predicted molar refractivity (Wildman–Crippen MR) is 102 cm³/mol. The van der Waals surface area contributed by atoms with Crippen LogP contribution < -0.4 is 5.32 Å². The van der Waals surface area contributed by atoms with E-state index in [-0.39, 0.29) is 39.1 Å². The van der Waals surface area contributed by atoms with Gasteiger partial charge in [0.05, 0.1) is 27.3 Å². The molecule has 2 aliphatic heterocycles. The number of carbonyl (C=O) groups is 3. The Morgan fingerprint density at radius 2 is 1.81 bits per heavy atom. The molecule has 8 heteroatoms. The highest BCUT2D eigenvalue weighted by Gasteiger charge is 2.43. The number of imide groups is 1. The van der Waals surface area contributed by atoms with Gasteiger partial charge >= 0.3 is 0 Å². The summed E-state index contributed by atoms with van der Waals surface area (Å²) in [5.74, 6) is -1.29. The molecule has 6 nitrogen and oxygen atoms in total. The number of amides is 3. The molecule has 0 unspecified atom stereocenters. The van der Waals surface area contributed by atoms with E-state index < -0.39 is 17.9 Å². The van der Waals surface area contributed by atoms with Gasteiger partial charge in [0, 0.05) is 13.2 Å². The Morgan fingerprint density at radius 3 is 2.30 bits per heavy atom. The normalized spacial score (nSPS) is 20.3. The van der Waals surface area contributed by atoms with Crippen molar-refractivity contribution in [2.45, 2.75) is 45.3 Å². The Labute approximate surface area is 168 Å². The fraction of sp³-hybridized carbons (Fsp3) is 0.526. The summed E-state index contributed by atoms with van der Waals surface area (Å²) in [7, 11) is 0. The molecule has 0 aromatic heterocycles. The summed E-state index contributed by atoms with van der Waals surface area (Å²) < 4.78 is 5.52. The third-order valence-electron chi connectivity index (χ3n) is 4.80. The zero-order valence-corrected chi connectivity index (χ0v) is 16.8. The maximum absolute atomic E-state index is 12.9. The minimum Gasteiger partial charge on any atom is -0.376 e. The van der Waals surface area contributed by atoms with E-state index in [0.29, 0.717) is 19.6 Å². The molecule has 0 spiro atoms. The van der Waals surface area contributed by atoms with Crippen LogP contribution in [0, 0.1) is 5.92 Å². The largest absolute Gasteiger partial charge is 0.376 e. The molecular formula is C19H22Cl2N2O4. The van der Waals surface area contributed by atoms with E-state index in [2.05, 4.69) is 5.32 Å². The minimum absolute atomic E-state index is 0.0200. The molecule has 3 rings (SSSR count). The summed E-state index contributed by atoms with van der Waals surface area (Å²) in [6, 6.07) is 1.88. The van der Waals surface area contributed by atoms with Gasteiger partial charge in [-0.15, -0.1) is 0 Å². The highest BCUT2D eigenvalue weighted by Crippen LogP contribution is 2.33. The van der Waals surface area contributed by atoms with Crippen LogP contribution in [0.25, 0.3) is 0 Å². The van der Waals surface area contributed by atoms with Crippen molar-refractivity contribution in [3.63, 3.8) is 0 Å². The van der Waals surface area contributed by atoms with Crippen LogP contribution in [0.3, 0.4) is 0 Å². The van der Waals surface area contributed by atoms with Crippen molar-refractivity contribution >= 4 is 40.9 Å². The van der Waals surface area contributed by atoms with Crippen LogP contribution in [0.2, 0.25) is 10.0 Å². The molecule has 3 amide bonds. The van der Waals surface area contributed by atoms with Crippen LogP contribution in [-0.2, 0) is 9.53 Å². The molecule has 1 aromatic rings. The first-order chi connectivity index (χ1) is 12.8. The molecule has 1 aromatic carbocycles. The smallest absolute Gasteiger partial charge is 0.262 e. The van der Waals surface area contributed by atoms with Gasteiger partial charge in [-0.2, -0.15) is 0 Å². The highest BCUT2D eigenvalue weighted by atomic mass is 35.5. The number of hydrogen-bond acceptors (Lipinski definition) is 4. The molecule has 27 heavy (non-hydrogen) atoms. The van der Waals surface area contributed by atoms with Gasteiger partial charge in [0.25, 0.3) is 11.8 Å². The number of hydrogen-bond donors (Lipinski definition) is 1. The first kappa shape index (κ1) is 20.1. The van der Waals surface area contributed by atoms with Crippen molar-refractivity contribution in [2.75, 3.05) is 13.2 Å². The third kappa shape index (κ3) is 4.13. The first-order valence-corrected chi connectivity index (χ1v) is 9.81. The van der Waals surface area contributed by atoms with Gasteiger partial charge in [-0.05, 0) is 37.3 Å². The van der Waals surface area contributed by atoms with Crippen LogP contribution in [0.1, 0.15) is 53.8 Å². The topological polar surface area (TPSA) is 75.7 Å². The molecule has 2 heterocycles. The van der Waals surface area contributed by atoms with E-state index in [0.717, 1.165) is 17.7 Å². The van der Waals surface area contributed by atoms with E-state index in [1.807, 2.05) is 13.8 Å². The van der Waals surface area contributed by atoms with E-state index >= 15 is 0 Å². The van der Waals surface area contributed by atoms with Crippen LogP contribution in [-0.4, -0.2) is 47.9 Å². The van der Waals surface area contributed by atoms with Crippen LogP contribution in [0.4, 0.5) is 0 Å². The quantitative estimate of drug-likeness (QED) is 0.727. The van der Waals surface area contributed by atoms with Gasteiger partial charge in [0.15, 0.2) is 0 Å². The standard InChI is InChI=1S/C19H22Cl2N2O4/c1-10(2)6-16(17(24)22-9-11-4-3-5-27-11)23-18(25)12-7-14(20)15(21)8-13(12)19(23)26/h7-8,10-11,16H,3-6,9H2,1-2H3,(H,22,24)/t11-,16-/m0/s1. The van der Waals surface area contributed by atoms with Gasteiger partial charge in [0.2, 0.25) is 5.91 Å². The number of benzene rings is 1. The molecule has 1 N–H and O–H groups in total. The molecule has 1 saturated heterocycles. The maximum Gasteiger partial charge on any atom is 0.262 e. The fourth-order valence-corrected chi connectivity index (χ4v) is 3.78. The van der Waals surface area contributed by atoms with Crippen molar-refractivity contribution < 1.29 is 19.1 Å². The van der Waals surface area contributed by atoms with E-state index in [9.17, 15) is 14.4 Å². The second-order valence-corrected chi connectivity index (χ2v) is 8.13. The number of fused-ring (bicyclic) bond motifs is 1. The summed E-state index contributed by atoms with van der Waals surface area (Å²) >= 11 is 12.0. The van der Waals surface area contributed by atoms with Gasteiger partial charge in [-0.25, -0.2) is 0 Å². The fourth-order valence-electron chi connectivity index (χ4n) is 3.45. The van der Waals surface area contributed by atoms with Crippen molar-refractivity contribution in [3.8, 4) is 0 Å². The molecule has 0 radical (unpaired) electrons. The number of halogens is 2. The average Bonchev–Trinajstić information content (AvgIpc) is 3.20. The molecule has 2 atom stereocenters. The Morgan fingerprint density at radius 1 is 1.22 bits per heavy atom. The average molecular weight is 413 g/mol. The molecule has 2 aliphatic rings. The monoisotopic (exact) mass is 412 g/mol. The predicted octanol–water partition coefficient (Wildman–Crippen LogP) is 3.30. The summed E-state index contributed by atoms with van der Waals surface area (Å²) in [5.41, 5.74) is 0.352. The van der Waals surface area contributed by atoms with Crippen LogP contribution in [0.5, 0.6) is 0 Å². The number of ether oxygens (including phenoxy) is 1. The maximum atomic E-state index is 12.9. The zero-order valence-electron chi connectivity index (χ0n) is 15.3. The Balaban J connectivity index is 1.83. The molecule has 0 saturated carbocycles. The van der Waals surface area contributed by atoms with E-state index in [4.69, 9.17) is 27.9 Å². The van der Waals surface area contributed by atoms with E-state index in [1.165, 1.54) is 12.1 Å². The van der Waals surface area contributed by atoms with Crippen LogP contribution in [0.15, 0.2) is 12.1 Å². The van der Waals surface area contributed by atoms with Crippen molar-refractivity contribution in [2.24, 2.45) is 5.92 Å². The lowest BCUT2D eigenvalue weighted by Crippen LogP contribution is -2.51. The number of rotatable bonds is 6. The van der Waals surface area contributed by atoms with Crippen molar-refractivity contribution in [3.05, 3.63) is 33.3 Å². The molecule has 1 fully saturated rings. The molecule has 146 valence electrons. The second-order valence-electron chi connectivity index (χ2n) is 7.32. The lowest BCUT2D eigenvalue weighted by atomic mass is 10.0. The lowest BCUT2D eigenvalue weighted by Gasteiger charge is -2.27.